The van der Waals surface area contributed by atoms with E-state index in [9.17, 15) is 14.4 Å². The number of hydrogen-bond acceptors (Lipinski definition) is 6. The van der Waals surface area contributed by atoms with Crippen molar-refractivity contribution in [1.29, 1.82) is 0 Å². The lowest BCUT2D eigenvalue weighted by Crippen LogP contribution is -2.52. The molecule has 2 rings (SSSR count). The van der Waals surface area contributed by atoms with Gasteiger partial charge in [-0.2, -0.15) is 0 Å². The summed E-state index contributed by atoms with van der Waals surface area (Å²) >= 11 is 0. The van der Waals surface area contributed by atoms with Crippen molar-refractivity contribution in [2.24, 2.45) is 0 Å². The molecule has 7 heteroatoms. The zero-order valence-electron chi connectivity index (χ0n) is 13.6. The van der Waals surface area contributed by atoms with E-state index in [1.807, 2.05) is 0 Å². The van der Waals surface area contributed by atoms with Crippen molar-refractivity contribution in [1.82, 2.24) is 15.5 Å². The summed E-state index contributed by atoms with van der Waals surface area (Å²) in [6, 6.07) is 0. The van der Waals surface area contributed by atoms with Crippen molar-refractivity contribution >= 4 is 17.7 Å². The Morgan fingerprint density at radius 1 is 1.00 bits per heavy atom. The van der Waals surface area contributed by atoms with Gasteiger partial charge in [0, 0.05) is 39.1 Å². The van der Waals surface area contributed by atoms with E-state index in [1.54, 1.807) is 4.90 Å². The molecule has 2 N–H and O–H groups in total. The highest BCUT2D eigenvalue weighted by molar-refractivity contribution is 5.96. The fraction of sp³-hybridized carbons (Fsp3) is 0.812. The molecule has 0 spiro atoms. The molecule has 2 fully saturated rings. The molecule has 1 atom stereocenters. The van der Waals surface area contributed by atoms with Crippen LogP contribution in [0.4, 0.5) is 0 Å². The van der Waals surface area contributed by atoms with E-state index in [-0.39, 0.29) is 18.1 Å². The van der Waals surface area contributed by atoms with Gasteiger partial charge in [0.15, 0.2) is 6.10 Å². The minimum Gasteiger partial charge on any atom is -0.451 e. The van der Waals surface area contributed by atoms with Crippen LogP contribution in [-0.4, -0.2) is 67.9 Å². The molecule has 0 saturated carbocycles. The largest absolute Gasteiger partial charge is 0.451 e. The highest BCUT2D eigenvalue weighted by Crippen LogP contribution is 2.08. The van der Waals surface area contributed by atoms with Crippen LogP contribution >= 0.6 is 0 Å². The molecule has 0 aliphatic carbocycles. The van der Waals surface area contributed by atoms with Gasteiger partial charge in [0.25, 0.3) is 5.91 Å². The van der Waals surface area contributed by atoms with Crippen molar-refractivity contribution in [2.75, 3.05) is 39.3 Å². The van der Waals surface area contributed by atoms with E-state index < -0.39 is 12.1 Å². The van der Waals surface area contributed by atoms with Crippen LogP contribution in [0.15, 0.2) is 0 Å². The van der Waals surface area contributed by atoms with Gasteiger partial charge >= 0.3 is 5.97 Å². The minimum absolute atomic E-state index is 0.101. The van der Waals surface area contributed by atoms with Gasteiger partial charge in [-0.05, 0) is 19.4 Å². The van der Waals surface area contributed by atoms with Crippen LogP contribution in [0.5, 0.6) is 0 Å². The quantitative estimate of drug-likeness (QED) is 0.515. The van der Waals surface area contributed by atoms with Crippen LogP contribution in [0.2, 0.25) is 0 Å². The van der Waals surface area contributed by atoms with Crippen LogP contribution in [0.3, 0.4) is 0 Å². The van der Waals surface area contributed by atoms with Crippen molar-refractivity contribution in [2.45, 2.75) is 44.6 Å². The molecule has 2 aliphatic rings. The number of rotatable bonds is 1. The molecule has 23 heavy (non-hydrogen) atoms. The number of ether oxygens (including phenoxy) is 1. The molecule has 0 aromatic heterocycles. The van der Waals surface area contributed by atoms with Crippen LogP contribution in [-0.2, 0) is 19.1 Å². The summed E-state index contributed by atoms with van der Waals surface area (Å²) in [7, 11) is 0. The number of esters is 1. The monoisotopic (exact) mass is 325 g/mol. The van der Waals surface area contributed by atoms with E-state index >= 15 is 0 Å². The van der Waals surface area contributed by atoms with E-state index in [4.69, 9.17) is 4.74 Å². The molecule has 2 heterocycles. The van der Waals surface area contributed by atoms with Gasteiger partial charge < -0.3 is 20.3 Å². The molecule has 7 nitrogen and oxygen atoms in total. The fourth-order valence-electron chi connectivity index (χ4n) is 2.88. The summed E-state index contributed by atoms with van der Waals surface area (Å²) < 4.78 is 5.32. The Labute approximate surface area is 137 Å². The number of ketones is 1. The van der Waals surface area contributed by atoms with Crippen LogP contribution < -0.4 is 10.6 Å². The Morgan fingerprint density at radius 3 is 2.52 bits per heavy atom. The first-order chi connectivity index (χ1) is 11.2. The molecule has 1 amide bonds. The average Bonchev–Trinajstić information content (AvgIpc) is 2.57. The lowest BCUT2D eigenvalue weighted by Gasteiger charge is -2.30. The fourth-order valence-corrected chi connectivity index (χ4v) is 2.88. The average molecular weight is 325 g/mol. The van der Waals surface area contributed by atoms with E-state index in [2.05, 4.69) is 10.6 Å². The van der Waals surface area contributed by atoms with Gasteiger partial charge in [0.05, 0.1) is 0 Å². The maximum absolute atomic E-state index is 12.6. The van der Waals surface area contributed by atoms with Gasteiger partial charge in [-0.15, -0.1) is 0 Å². The van der Waals surface area contributed by atoms with Gasteiger partial charge in [-0.3, -0.25) is 14.4 Å². The SMILES string of the molecule is O=C1CCCCCCNCC(C(=O)N2CCNCC2)OC(=O)C1. The van der Waals surface area contributed by atoms with Crippen molar-refractivity contribution in [3.63, 3.8) is 0 Å². The molecule has 0 aromatic rings. The van der Waals surface area contributed by atoms with Gasteiger partial charge in [0.2, 0.25) is 0 Å². The second-order valence-electron chi connectivity index (χ2n) is 6.14. The predicted molar refractivity (Wildman–Crippen MR) is 84.9 cm³/mol. The third kappa shape index (κ3) is 6.27. The third-order valence-electron chi connectivity index (χ3n) is 4.21. The van der Waals surface area contributed by atoms with Crippen LogP contribution in [0.1, 0.15) is 38.5 Å². The summed E-state index contributed by atoms with van der Waals surface area (Å²) in [4.78, 5) is 38.0. The lowest BCUT2D eigenvalue weighted by molar-refractivity contribution is -0.161. The third-order valence-corrected chi connectivity index (χ3v) is 4.21. The van der Waals surface area contributed by atoms with Crippen molar-refractivity contribution in [3.05, 3.63) is 0 Å². The first-order valence-corrected chi connectivity index (χ1v) is 8.58. The summed E-state index contributed by atoms with van der Waals surface area (Å²) in [6.45, 7) is 3.83. The number of cyclic esters (lactones) is 1. The Hall–Kier alpha value is -1.47. The highest BCUT2D eigenvalue weighted by atomic mass is 16.5. The highest BCUT2D eigenvalue weighted by Gasteiger charge is 2.29. The van der Waals surface area contributed by atoms with Crippen molar-refractivity contribution in [3.8, 4) is 0 Å². The zero-order valence-corrected chi connectivity index (χ0v) is 13.6. The number of piperazine rings is 1. The maximum Gasteiger partial charge on any atom is 0.314 e. The molecular weight excluding hydrogens is 298 g/mol. The molecule has 1 unspecified atom stereocenters. The van der Waals surface area contributed by atoms with E-state index in [0.717, 1.165) is 45.3 Å². The van der Waals surface area contributed by atoms with Gasteiger partial charge in [-0.25, -0.2) is 0 Å². The minimum atomic E-state index is -0.839. The van der Waals surface area contributed by atoms with Gasteiger partial charge in [0.1, 0.15) is 12.2 Å². The van der Waals surface area contributed by atoms with Crippen LogP contribution in [0, 0.1) is 0 Å². The number of Topliss-reactive ketones (excluding diaryl/α,β-unsaturated/α-hetero) is 1. The Morgan fingerprint density at radius 2 is 1.74 bits per heavy atom. The predicted octanol–water partition coefficient (Wildman–Crippen LogP) is -0.157. The number of carbonyl (C=O) groups is 3. The summed E-state index contributed by atoms with van der Waals surface area (Å²) in [5.41, 5.74) is 0. The Balaban J connectivity index is 1.96. The molecule has 130 valence electrons. The topological polar surface area (TPSA) is 87.7 Å². The zero-order chi connectivity index (χ0) is 16.5. The van der Waals surface area contributed by atoms with Crippen molar-refractivity contribution < 1.29 is 19.1 Å². The Bertz CT molecular complexity index is 422. The summed E-state index contributed by atoms with van der Waals surface area (Å²) in [5, 5.41) is 6.39. The molecule has 0 radical (unpaired) electrons. The number of amides is 1. The first kappa shape index (κ1) is 17.9. The van der Waals surface area contributed by atoms with Crippen LogP contribution in [0.25, 0.3) is 0 Å². The smallest absolute Gasteiger partial charge is 0.314 e. The lowest BCUT2D eigenvalue weighted by atomic mass is 10.1. The summed E-state index contributed by atoms with van der Waals surface area (Å²) in [5.74, 6) is -0.866. The number of nitrogens with zero attached hydrogens (tertiary/aromatic N) is 1. The molecule has 0 aromatic carbocycles. The van der Waals surface area contributed by atoms with E-state index in [0.29, 0.717) is 26.1 Å². The Kier molecular flexibility index (Phi) is 7.48. The number of nitrogens with one attached hydrogen (secondary N) is 2. The first-order valence-electron chi connectivity index (χ1n) is 8.58. The maximum atomic E-state index is 12.6. The van der Waals surface area contributed by atoms with Gasteiger partial charge in [-0.1, -0.05) is 12.8 Å². The molecule has 2 aliphatic heterocycles. The molecule has 0 bridgehead atoms. The second-order valence-corrected chi connectivity index (χ2v) is 6.14. The second kappa shape index (κ2) is 9.62. The molecule has 2 saturated heterocycles. The molecular formula is C16H27N3O4. The van der Waals surface area contributed by atoms with E-state index in [1.165, 1.54) is 0 Å². The normalized spacial score (nSPS) is 25.7. The summed E-state index contributed by atoms with van der Waals surface area (Å²) in [6.07, 6.45) is 3.20. The standard InChI is InChI=1S/C16H27N3O4/c20-13-5-3-1-2-4-6-18-12-14(23-15(21)11-13)16(22)19-9-7-17-8-10-19/h14,17-18H,1-12H2. The number of carbonyl (C=O) groups excluding carboxylic acids is 3. The number of hydrogen-bond donors (Lipinski definition) is 2.